The Labute approximate surface area is 96.9 Å². The number of halogens is 1. The summed E-state index contributed by atoms with van der Waals surface area (Å²) >= 11 is 3.39. The maximum Gasteiger partial charge on any atom is 0.130 e. The first kappa shape index (κ1) is 10.1. The summed E-state index contributed by atoms with van der Waals surface area (Å²) in [5.74, 6) is 0.838. The number of ether oxygens (including phenoxy) is 1. The van der Waals surface area contributed by atoms with Gasteiger partial charge in [-0.05, 0) is 24.3 Å². The molecular formula is C11H11BrN2O. The van der Waals surface area contributed by atoms with Crippen LogP contribution in [0.2, 0.25) is 0 Å². The Morgan fingerprint density at radius 3 is 2.87 bits per heavy atom. The molecule has 0 saturated carbocycles. The van der Waals surface area contributed by atoms with Crippen LogP contribution in [0.3, 0.4) is 0 Å². The van der Waals surface area contributed by atoms with Crippen molar-refractivity contribution in [2.45, 2.75) is 0 Å². The highest BCUT2D eigenvalue weighted by molar-refractivity contribution is 9.10. The minimum atomic E-state index is 0.502. The van der Waals surface area contributed by atoms with Crippen LogP contribution in [-0.2, 0) is 0 Å². The first-order valence-corrected chi connectivity index (χ1v) is 5.33. The van der Waals surface area contributed by atoms with E-state index in [1.54, 1.807) is 0 Å². The molecule has 0 aromatic heterocycles. The van der Waals surface area contributed by atoms with Gasteiger partial charge in [-0.1, -0.05) is 28.6 Å². The first-order chi connectivity index (χ1) is 7.24. The number of allylic oxidation sites excluding steroid dienone is 1. The van der Waals surface area contributed by atoms with Crippen LogP contribution in [0.5, 0.6) is 5.75 Å². The van der Waals surface area contributed by atoms with Gasteiger partial charge in [-0.2, -0.15) is 0 Å². The smallest absolute Gasteiger partial charge is 0.130 e. The topological polar surface area (TPSA) is 33.3 Å². The molecule has 0 amide bonds. The summed E-state index contributed by atoms with van der Waals surface area (Å²) < 4.78 is 6.59. The van der Waals surface area contributed by atoms with Gasteiger partial charge < -0.3 is 15.6 Å². The minimum absolute atomic E-state index is 0.502. The van der Waals surface area contributed by atoms with Crippen molar-refractivity contribution in [3.8, 4) is 5.75 Å². The van der Waals surface area contributed by atoms with E-state index in [9.17, 15) is 0 Å². The molecule has 0 spiro atoms. The van der Waals surface area contributed by atoms with Gasteiger partial charge in [0, 0.05) is 10.2 Å². The van der Waals surface area contributed by atoms with Gasteiger partial charge in [0.2, 0.25) is 0 Å². The zero-order chi connectivity index (χ0) is 10.7. The zero-order valence-electron chi connectivity index (χ0n) is 8.09. The normalized spacial score (nSPS) is 14.2. The number of nitrogens with one attached hydrogen (secondary N) is 2. The molecule has 0 saturated heterocycles. The van der Waals surface area contributed by atoms with Crippen molar-refractivity contribution < 1.29 is 4.74 Å². The predicted octanol–water partition coefficient (Wildman–Crippen LogP) is 2.33. The molecule has 78 valence electrons. The van der Waals surface area contributed by atoms with Crippen LogP contribution in [0.15, 0.2) is 52.8 Å². The van der Waals surface area contributed by atoms with E-state index in [2.05, 4.69) is 33.4 Å². The van der Waals surface area contributed by atoms with E-state index in [4.69, 9.17) is 4.74 Å². The van der Waals surface area contributed by atoms with E-state index in [1.165, 1.54) is 0 Å². The molecule has 0 aliphatic carbocycles. The van der Waals surface area contributed by atoms with Crippen molar-refractivity contribution in [3.05, 3.63) is 52.8 Å². The van der Waals surface area contributed by atoms with Crippen LogP contribution in [0, 0.1) is 0 Å². The molecular weight excluding hydrogens is 256 g/mol. The number of hydrogen-bond acceptors (Lipinski definition) is 3. The SMILES string of the molecule is C=C1C=C(COc2cccc(Br)c2)NN1. The second kappa shape index (κ2) is 4.40. The lowest BCUT2D eigenvalue weighted by Gasteiger charge is -2.07. The zero-order valence-corrected chi connectivity index (χ0v) is 9.67. The third-order valence-corrected chi connectivity index (χ3v) is 2.42. The third kappa shape index (κ3) is 2.76. The standard InChI is InChI=1S/C11H11BrN2O/c1-8-5-10(14-13-8)7-15-11-4-2-3-9(12)6-11/h2-6,13-14H,1,7H2. The minimum Gasteiger partial charge on any atom is -0.487 e. The number of hydrogen-bond donors (Lipinski definition) is 2. The molecule has 1 aliphatic heterocycles. The summed E-state index contributed by atoms with van der Waals surface area (Å²) in [6, 6.07) is 7.75. The average molecular weight is 267 g/mol. The number of hydrazine groups is 1. The summed E-state index contributed by atoms with van der Waals surface area (Å²) in [6.45, 7) is 4.26. The molecule has 15 heavy (non-hydrogen) atoms. The Bertz CT molecular complexity index is 415. The van der Waals surface area contributed by atoms with E-state index in [1.807, 2.05) is 30.3 Å². The Morgan fingerprint density at radius 2 is 2.20 bits per heavy atom. The maximum atomic E-state index is 5.58. The van der Waals surface area contributed by atoms with Gasteiger partial charge in [0.15, 0.2) is 0 Å². The molecule has 2 rings (SSSR count). The number of benzene rings is 1. The fourth-order valence-corrected chi connectivity index (χ4v) is 1.62. The van der Waals surface area contributed by atoms with E-state index in [-0.39, 0.29) is 0 Å². The Balaban J connectivity index is 1.93. The Kier molecular flexibility index (Phi) is 2.97. The van der Waals surface area contributed by atoms with Crippen LogP contribution in [0.1, 0.15) is 0 Å². The Morgan fingerprint density at radius 1 is 1.33 bits per heavy atom. The largest absolute Gasteiger partial charge is 0.487 e. The van der Waals surface area contributed by atoms with Crippen LogP contribution in [0.25, 0.3) is 0 Å². The highest BCUT2D eigenvalue weighted by Gasteiger charge is 2.05. The van der Waals surface area contributed by atoms with Gasteiger partial charge >= 0.3 is 0 Å². The summed E-state index contributed by atoms with van der Waals surface area (Å²) in [5, 5.41) is 0. The van der Waals surface area contributed by atoms with Crippen molar-refractivity contribution in [1.29, 1.82) is 0 Å². The van der Waals surface area contributed by atoms with Gasteiger partial charge in [0.25, 0.3) is 0 Å². The second-order valence-electron chi connectivity index (χ2n) is 3.19. The van der Waals surface area contributed by atoms with Crippen molar-refractivity contribution in [1.82, 2.24) is 10.9 Å². The third-order valence-electron chi connectivity index (χ3n) is 1.92. The van der Waals surface area contributed by atoms with Crippen molar-refractivity contribution in [2.75, 3.05) is 6.61 Å². The number of rotatable bonds is 3. The lowest BCUT2D eigenvalue weighted by atomic mass is 10.3. The lowest BCUT2D eigenvalue weighted by Crippen LogP contribution is -2.25. The first-order valence-electron chi connectivity index (χ1n) is 4.54. The Hall–Kier alpha value is -1.42. The van der Waals surface area contributed by atoms with Crippen LogP contribution in [0.4, 0.5) is 0 Å². The fourth-order valence-electron chi connectivity index (χ4n) is 1.24. The molecule has 4 heteroatoms. The fraction of sp³-hybridized carbons (Fsp3) is 0.0909. The predicted molar refractivity (Wildman–Crippen MR) is 63.1 cm³/mol. The van der Waals surface area contributed by atoms with E-state index in [0.29, 0.717) is 6.61 Å². The molecule has 3 nitrogen and oxygen atoms in total. The van der Waals surface area contributed by atoms with Gasteiger partial charge in [-0.25, -0.2) is 0 Å². The second-order valence-corrected chi connectivity index (χ2v) is 4.11. The van der Waals surface area contributed by atoms with Gasteiger partial charge in [0.1, 0.15) is 12.4 Å². The maximum absolute atomic E-state index is 5.58. The molecule has 0 fully saturated rings. The van der Waals surface area contributed by atoms with E-state index >= 15 is 0 Å². The summed E-state index contributed by atoms with van der Waals surface area (Å²) in [6.07, 6.45) is 1.91. The molecule has 1 aromatic carbocycles. The lowest BCUT2D eigenvalue weighted by molar-refractivity contribution is 0.342. The van der Waals surface area contributed by atoms with Gasteiger partial charge in [-0.3, -0.25) is 0 Å². The highest BCUT2D eigenvalue weighted by atomic mass is 79.9. The van der Waals surface area contributed by atoms with Crippen LogP contribution < -0.4 is 15.6 Å². The van der Waals surface area contributed by atoms with Gasteiger partial charge in [0.05, 0.1) is 5.70 Å². The molecule has 1 aliphatic rings. The summed E-state index contributed by atoms with van der Waals surface area (Å²) in [5.41, 5.74) is 7.68. The quantitative estimate of drug-likeness (QED) is 0.881. The summed E-state index contributed by atoms with van der Waals surface area (Å²) in [4.78, 5) is 0. The molecule has 0 bridgehead atoms. The van der Waals surface area contributed by atoms with Crippen molar-refractivity contribution in [3.63, 3.8) is 0 Å². The average Bonchev–Trinajstić information content (AvgIpc) is 2.62. The van der Waals surface area contributed by atoms with E-state index < -0.39 is 0 Å². The van der Waals surface area contributed by atoms with Gasteiger partial charge in [-0.15, -0.1) is 0 Å². The highest BCUT2D eigenvalue weighted by Crippen LogP contribution is 2.18. The van der Waals surface area contributed by atoms with Crippen LogP contribution >= 0.6 is 15.9 Å². The monoisotopic (exact) mass is 266 g/mol. The molecule has 0 unspecified atom stereocenters. The molecule has 1 aromatic rings. The molecule has 2 N–H and O–H groups in total. The van der Waals surface area contributed by atoms with Crippen LogP contribution in [-0.4, -0.2) is 6.61 Å². The van der Waals surface area contributed by atoms with Crippen molar-refractivity contribution >= 4 is 15.9 Å². The molecule has 0 atom stereocenters. The summed E-state index contributed by atoms with van der Waals surface area (Å²) in [7, 11) is 0. The van der Waals surface area contributed by atoms with Crippen molar-refractivity contribution in [2.24, 2.45) is 0 Å². The molecule has 1 heterocycles. The molecule has 0 radical (unpaired) electrons. The van der Waals surface area contributed by atoms with E-state index in [0.717, 1.165) is 21.6 Å².